The number of hydrogen-bond acceptors (Lipinski definition) is 3. The number of ketones is 1. The minimum atomic E-state index is -0.285. The molecule has 15 heavy (non-hydrogen) atoms. The molecule has 0 spiro atoms. The van der Waals surface area contributed by atoms with Crippen molar-refractivity contribution in [1.82, 2.24) is 4.90 Å². The van der Waals surface area contributed by atoms with Crippen LogP contribution in [-0.4, -0.2) is 42.5 Å². The van der Waals surface area contributed by atoms with Gasteiger partial charge in [-0.3, -0.25) is 9.69 Å². The van der Waals surface area contributed by atoms with E-state index in [1.807, 2.05) is 0 Å². The van der Waals surface area contributed by atoms with E-state index in [2.05, 4.69) is 18.7 Å². The van der Waals surface area contributed by atoms with E-state index in [4.69, 9.17) is 4.74 Å². The quantitative estimate of drug-likeness (QED) is 0.705. The predicted molar refractivity (Wildman–Crippen MR) is 58.8 cm³/mol. The summed E-state index contributed by atoms with van der Waals surface area (Å²) in [4.78, 5) is 14.4. The fraction of sp³-hybridized carbons (Fsp3) is 0.917. The third kappa shape index (κ3) is 2.58. The van der Waals surface area contributed by atoms with Crippen LogP contribution in [0.3, 0.4) is 0 Å². The lowest BCUT2D eigenvalue weighted by molar-refractivity contribution is -0.132. The molecular weight excluding hydrogens is 190 g/mol. The van der Waals surface area contributed by atoms with Crippen molar-refractivity contribution < 1.29 is 9.53 Å². The predicted octanol–water partition coefficient (Wildman–Crippen LogP) is 1.47. The molecule has 0 aromatic heterocycles. The van der Waals surface area contributed by atoms with E-state index in [1.165, 1.54) is 12.8 Å². The van der Waals surface area contributed by atoms with E-state index in [0.29, 0.717) is 11.7 Å². The second kappa shape index (κ2) is 4.22. The highest BCUT2D eigenvalue weighted by molar-refractivity contribution is 5.88. The van der Waals surface area contributed by atoms with E-state index >= 15 is 0 Å². The van der Waals surface area contributed by atoms with Gasteiger partial charge in [0.2, 0.25) is 0 Å². The zero-order valence-corrected chi connectivity index (χ0v) is 9.79. The Balaban J connectivity index is 1.92. The van der Waals surface area contributed by atoms with E-state index in [0.717, 1.165) is 32.7 Å². The van der Waals surface area contributed by atoms with Crippen molar-refractivity contribution in [3.63, 3.8) is 0 Å². The van der Waals surface area contributed by atoms with Gasteiger partial charge in [0.15, 0.2) is 5.78 Å². The van der Waals surface area contributed by atoms with Gasteiger partial charge in [-0.15, -0.1) is 0 Å². The van der Waals surface area contributed by atoms with Gasteiger partial charge in [0, 0.05) is 19.5 Å². The van der Waals surface area contributed by atoms with Crippen LogP contribution in [0, 0.1) is 5.92 Å². The number of rotatable bonds is 4. The largest absolute Gasteiger partial charge is 0.379 e. The third-order valence-electron chi connectivity index (χ3n) is 3.66. The van der Waals surface area contributed by atoms with Crippen molar-refractivity contribution in [2.75, 3.05) is 26.3 Å². The van der Waals surface area contributed by atoms with Gasteiger partial charge in [0.1, 0.15) is 0 Å². The molecule has 1 saturated heterocycles. The Morgan fingerprint density at radius 2 is 1.93 bits per heavy atom. The maximum absolute atomic E-state index is 12.1. The molecule has 2 fully saturated rings. The number of ether oxygens (including phenoxy) is 1. The average molecular weight is 211 g/mol. The average Bonchev–Trinajstić information content (AvgIpc) is 3.03. The van der Waals surface area contributed by atoms with Crippen molar-refractivity contribution in [1.29, 1.82) is 0 Å². The second-order valence-electron chi connectivity index (χ2n) is 5.23. The molecule has 3 heteroatoms. The lowest BCUT2D eigenvalue weighted by Crippen LogP contribution is -2.54. The number of Topliss-reactive ketones (excluding diaryl/α,β-unsaturated/α-hetero) is 1. The van der Waals surface area contributed by atoms with Crippen LogP contribution < -0.4 is 0 Å². The van der Waals surface area contributed by atoms with E-state index in [1.54, 1.807) is 0 Å². The zero-order valence-electron chi connectivity index (χ0n) is 9.79. The first-order valence-corrected chi connectivity index (χ1v) is 5.97. The molecule has 1 aliphatic heterocycles. The normalized spacial score (nSPS) is 24.1. The highest BCUT2D eigenvalue weighted by Gasteiger charge is 2.37. The highest BCUT2D eigenvalue weighted by Crippen LogP contribution is 2.35. The molecule has 0 amide bonds. The molecule has 0 unspecified atom stereocenters. The molecule has 1 saturated carbocycles. The minimum Gasteiger partial charge on any atom is -0.379 e. The number of carbonyl (C=O) groups is 1. The summed E-state index contributed by atoms with van der Waals surface area (Å²) >= 11 is 0. The van der Waals surface area contributed by atoms with Crippen molar-refractivity contribution in [3.05, 3.63) is 0 Å². The fourth-order valence-corrected chi connectivity index (χ4v) is 2.13. The van der Waals surface area contributed by atoms with Gasteiger partial charge < -0.3 is 4.74 Å². The number of morpholine rings is 1. The van der Waals surface area contributed by atoms with Crippen LogP contribution in [0.15, 0.2) is 0 Å². The molecule has 0 N–H and O–H groups in total. The summed E-state index contributed by atoms with van der Waals surface area (Å²) in [5.41, 5.74) is -0.285. The van der Waals surface area contributed by atoms with Gasteiger partial charge in [0.05, 0.1) is 18.8 Å². The lowest BCUT2D eigenvalue weighted by atomic mass is 9.92. The first-order chi connectivity index (χ1) is 7.10. The topological polar surface area (TPSA) is 29.5 Å². The molecule has 0 aromatic rings. The Labute approximate surface area is 91.8 Å². The van der Waals surface area contributed by atoms with Gasteiger partial charge in [0.25, 0.3) is 0 Å². The number of nitrogens with zero attached hydrogens (tertiary/aromatic N) is 1. The summed E-state index contributed by atoms with van der Waals surface area (Å²) in [6.07, 6.45) is 3.29. The first-order valence-electron chi connectivity index (χ1n) is 5.97. The molecule has 86 valence electrons. The molecule has 0 aromatic carbocycles. The van der Waals surface area contributed by atoms with Crippen molar-refractivity contribution in [2.45, 2.75) is 38.6 Å². The van der Waals surface area contributed by atoms with Crippen molar-refractivity contribution in [3.8, 4) is 0 Å². The van der Waals surface area contributed by atoms with Gasteiger partial charge >= 0.3 is 0 Å². The maximum Gasteiger partial charge on any atom is 0.152 e. The molecule has 1 aliphatic carbocycles. The monoisotopic (exact) mass is 211 g/mol. The highest BCUT2D eigenvalue weighted by atomic mass is 16.5. The standard InChI is InChI=1S/C12H21NO2/c1-12(2,11(14)9-10-3-4-10)13-5-7-15-8-6-13/h10H,3-9H2,1-2H3. The van der Waals surface area contributed by atoms with E-state index in [9.17, 15) is 4.79 Å². The van der Waals surface area contributed by atoms with Gasteiger partial charge in [-0.25, -0.2) is 0 Å². The van der Waals surface area contributed by atoms with Gasteiger partial charge in [-0.1, -0.05) is 0 Å². The second-order valence-corrected chi connectivity index (χ2v) is 5.23. The minimum absolute atomic E-state index is 0.285. The maximum atomic E-state index is 12.1. The summed E-state index contributed by atoms with van der Waals surface area (Å²) < 4.78 is 5.32. The lowest BCUT2D eigenvalue weighted by Gasteiger charge is -2.39. The van der Waals surface area contributed by atoms with Crippen LogP contribution in [0.4, 0.5) is 0 Å². The van der Waals surface area contributed by atoms with Crippen LogP contribution in [-0.2, 0) is 9.53 Å². The van der Waals surface area contributed by atoms with Crippen molar-refractivity contribution >= 4 is 5.78 Å². The molecule has 0 bridgehead atoms. The van der Waals surface area contributed by atoms with Crippen molar-refractivity contribution in [2.24, 2.45) is 5.92 Å². The first kappa shape index (κ1) is 11.1. The summed E-state index contributed by atoms with van der Waals surface area (Å²) in [5, 5.41) is 0. The van der Waals surface area contributed by atoms with Gasteiger partial charge in [-0.05, 0) is 32.6 Å². The van der Waals surface area contributed by atoms with Crippen LogP contribution in [0.1, 0.15) is 33.1 Å². The Bertz CT molecular complexity index is 240. The zero-order chi connectivity index (χ0) is 10.9. The fourth-order valence-electron chi connectivity index (χ4n) is 2.13. The van der Waals surface area contributed by atoms with Crippen LogP contribution in [0.2, 0.25) is 0 Å². The van der Waals surface area contributed by atoms with E-state index in [-0.39, 0.29) is 5.54 Å². The summed E-state index contributed by atoms with van der Waals surface area (Å²) in [6.45, 7) is 7.43. The molecule has 1 heterocycles. The Morgan fingerprint density at radius 1 is 1.33 bits per heavy atom. The molecule has 0 radical (unpaired) electrons. The Hall–Kier alpha value is -0.410. The molecule has 0 atom stereocenters. The number of carbonyl (C=O) groups excluding carboxylic acids is 1. The van der Waals surface area contributed by atoms with Crippen LogP contribution in [0.25, 0.3) is 0 Å². The molecule has 3 nitrogen and oxygen atoms in total. The smallest absolute Gasteiger partial charge is 0.152 e. The van der Waals surface area contributed by atoms with Gasteiger partial charge in [-0.2, -0.15) is 0 Å². The summed E-state index contributed by atoms with van der Waals surface area (Å²) in [6, 6.07) is 0. The Kier molecular flexibility index (Phi) is 3.12. The van der Waals surface area contributed by atoms with E-state index < -0.39 is 0 Å². The molecule has 2 rings (SSSR count). The molecule has 2 aliphatic rings. The summed E-state index contributed by atoms with van der Waals surface area (Å²) in [7, 11) is 0. The third-order valence-corrected chi connectivity index (χ3v) is 3.66. The number of hydrogen-bond donors (Lipinski definition) is 0. The summed E-state index contributed by atoms with van der Waals surface area (Å²) in [5.74, 6) is 1.10. The van der Waals surface area contributed by atoms with Crippen LogP contribution in [0.5, 0.6) is 0 Å². The Morgan fingerprint density at radius 3 is 2.47 bits per heavy atom. The molecular formula is C12H21NO2. The SMILES string of the molecule is CC(C)(C(=O)CC1CC1)N1CCOCC1. The van der Waals surface area contributed by atoms with Crippen LogP contribution >= 0.6 is 0 Å².